The number of hydrogen-bond acceptors (Lipinski definition) is 4. The number of carbonyl (C=O) groups excluding carboxylic acids is 1. The molecule has 2 aromatic rings. The SMILES string of the molecule is O=C(c1ccn(C2CCCNC2)n1)N1CCOC(c2ccccc2Cl)C1. The highest BCUT2D eigenvalue weighted by Crippen LogP contribution is 2.28. The van der Waals surface area contributed by atoms with Gasteiger partial charge in [0.05, 0.1) is 19.2 Å². The maximum atomic E-state index is 12.9. The number of nitrogens with zero attached hydrogens (tertiary/aromatic N) is 3. The lowest BCUT2D eigenvalue weighted by molar-refractivity contribution is -0.0230. The minimum atomic E-state index is -0.203. The second-order valence-electron chi connectivity index (χ2n) is 6.81. The van der Waals surface area contributed by atoms with Crippen LogP contribution in [0.4, 0.5) is 0 Å². The van der Waals surface area contributed by atoms with Crippen molar-refractivity contribution in [3.05, 3.63) is 52.8 Å². The fraction of sp³-hybridized carbons (Fsp3) is 0.474. The highest BCUT2D eigenvalue weighted by atomic mass is 35.5. The number of halogens is 1. The molecule has 26 heavy (non-hydrogen) atoms. The van der Waals surface area contributed by atoms with E-state index in [4.69, 9.17) is 16.3 Å². The Labute approximate surface area is 158 Å². The largest absolute Gasteiger partial charge is 0.370 e. The highest BCUT2D eigenvalue weighted by molar-refractivity contribution is 6.31. The van der Waals surface area contributed by atoms with Crippen LogP contribution in [0, 0.1) is 0 Å². The minimum Gasteiger partial charge on any atom is -0.370 e. The molecule has 0 spiro atoms. The van der Waals surface area contributed by atoms with Crippen molar-refractivity contribution < 1.29 is 9.53 Å². The fourth-order valence-corrected chi connectivity index (χ4v) is 3.89. The van der Waals surface area contributed by atoms with Crippen molar-refractivity contribution in [3.63, 3.8) is 0 Å². The summed E-state index contributed by atoms with van der Waals surface area (Å²) in [5, 5.41) is 8.59. The Kier molecular flexibility index (Phi) is 5.24. The molecule has 2 aliphatic rings. The van der Waals surface area contributed by atoms with Crippen molar-refractivity contribution in [2.45, 2.75) is 25.0 Å². The predicted molar refractivity (Wildman–Crippen MR) is 99.4 cm³/mol. The van der Waals surface area contributed by atoms with E-state index in [1.165, 1.54) is 0 Å². The van der Waals surface area contributed by atoms with Gasteiger partial charge in [0.15, 0.2) is 0 Å². The summed E-state index contributed by atoms with van der Waals surface area (Å²) >= 11 is 6.29. The van der Waals surface area contributed by atoms with Gasteiger partial charge >= 0.3 is 0 Å². The number of benzene rings is 1. The topological polar surface area (TPSA) is 59.4 Å². The molecule has 0 bridgehead atoms. The Morgan fingerprint density at radius 3 is 3.00 bits per heavy atom. The van der Waals surface area contributed by atoms with Crippen LogP contribution in [0.2, 0.25) is 5.02 Å². The molecule has 138 valence electrons. The first kappa shape index (κ1) is 17.5. The maximum Gasteiger partial charge on any atom is 0.274 e. The summed E-state index contributed by atoms with van der Waals surface area (Å²) < 4.78 is 7.77. The molecular formula is C19H23ClN4O2. The molecule has 6 nitrogen and oxygen atoms in total. The Morgan fingerprint density at radius 2 is 2.19 bits per heavy atom. The predicted octanol–water partition coefficient (Wildman–Crippen LogP) is 2.67. The zero-order chi connectivity index (χ0) is 17.9. The number of carbonyl (C=O) groups is 1. The van der Waals surface area contributed by atoms with Gasteiger partial charge in [-0.15, -0.1) is 0 Å². The molecule has 0 radical (unpaired) electrons. The molecule has 4 rings (SSSR count). The number of ether oxygens (including phenoxy) is 1. The second kappa shape index (κ2) is 7.78. The Bertz CT molecular complexity index is 772. The number of amides is 1. The summed E-state index contributed by atoms with van der Waals surface area (Å²) in [6.45, 7) is 3.51. The molecule has 2 fully saturated rings. The Morgan fingerprint density at radius 1 is 1.31 bits per heavy atom. The van der Waals surface area contributed by atoms with Gasteiger partial charge in [-0.1, -0.05) is 29.8 Å². The molecule has 2 atom stereocenters. The highest BCUT2D eigenvalue weighted by Gasteiger charge is 2.28. The summed E-state index contributed by atoms with van der Waals surface area (Å²) in [7, 11) is 0. The minimum absolute atomic E-state index is 0.0483. The van der Waals surface area contributed by atoms with E-state index in [1.807, 2.05) is 46.1 Å². The average molecular weight is 375 g/mol. The van der Waals surface area contributed by atoms with Crippen molar-refractivity contribution in [2.24, 2.45) is 0 Å². The van der Waals surface area contributed by atoms with Crippen LogP contribution in [0.3, 0.4) is 0 Å². The van der Waals surface area contributed by atoms with Gasteiger partial charge in [0.1, 0.15) is 11.8 Å². The number of nitrogens with one attached hydrogen (secondary N) is 1. The number of morpholine rings is 1. The molecule has 3 heterocycles. The Balaban J connectivity index is 1.46. The van der Waals surface area contributed by atoms with E-state index < -0.39 is 0 Å². The fourth-order valence-electron chi connectivity index (χ4n) is 3.63. The summed E-state index contributed by atoms with van der Waals surface area (Å²) in [5.41, 5.74) is 1.42. The standard InChI is InChI=1S/C19H23ClN4O2/c20-16-6-2-1-5-15(16)18-13-23(10-11-26-18)19(25)17-7-9-24(22-17)14-4-3-8-21-12-14/h1-2,5-7,9,14,18,21H,3-4,8,10-13H2. The van der Waals surface area contributed by atoms with Crippen LogP contribution in [0.25, 0.3) is 0 Å². The molecule has 2 unspecified atom stereocenters. The van der Waals surface area contributed by atoms with E-state index in [0.29, 0.717) is 36.5 Å². The molecule has 0 aliphatic carbocycles. The van der Waals surface area contributed by atoms with E-state index in [1.54, 1.807) is 0 Å². The van der Waals surface area contributed by atoms with Crippen LogP contribution in [-0.2, 0) is 4.74 Å². The van der Waals surface area contributed by atoms with Gasteiger partial charge in [0.2, 0.25) is 0 Å². The quantitative estimate of drug-likeness (QED) is 0.897. The first-order valence-corrected chi connectivity index (χ1v) is 9.51. The molecule has 0 saturated carbocycles. The first-order valence-electron chi connectivity index (χ1n) is 9.13. The number of rotatable bonds is 3. The summed E-state index contributed by atoms with van der Waals surface area (Å²) in [6.07, 6.45) is 3.94. The first-order chi connectivity index (χ1) is 12.7. The van der Waals surface area contributed by atoms with Gasteiger partial charge < -0.3 is 15.0 Å². The van der Waals surface area contributed by atoms with Crippen LogP contribution in [0.5, 0.6) is 0 Å². The van der Waals surface area contributed by atoms with E-state index in [-0.39, 0.29) is 12.0 Å². The normalized spacial score (nSPS) is 23.8. The van der Waals surface area contributed by atoms with Gasteiger partial charge in [-0.3, -0.25) is 9.48 Å². The van der Waals surface area contributed by atoms with Gasteiger partial charge in [-0.05, 0) is 31.5 Å². The number of piperidine rings is 1. The summed E-state index contributed by atoms with van der Waals surface area (Å²) in [6, 6.07) is 9.77. The third kappa shape index (κ3) is 3.63. The van der Waals surface area contributed by atoms with Crippen molar-refractivity contribution >= 4 is 17.5 Å². The van der Waals surface area contributed by atoms with Crippen LogP contribution < -0.4 is 5.32 Å². The number of hydrogen-bond donors (Lipinski definition) is 1. The van der Waals surface area contributed by atoms with Crippen molar-refractivity contribution in [3.8, 4) is 0 Å². The van der Waals surface area contributed by atoms with Crippen LogP contribution in [-0.4, -0.2) is 53.4 Å². The zero-order valence-electron chi connectivity index (χ0n) is 14.6. The molecular weight excluding hydrogens is 352 g/mol. The smallest absolute Gasteiger partial charge is 0.274 e. The molecule has 2 saturated heterocycles. The lowest BCUT2D eigenvalue weighted by Gasteiger charge is -2.33. The van der Waals surface area contributed by atoms with Gasteiger partial charge in [-0.2, -0.15) is 5.10 Å². The van der Waals surface area contributed by atoms with Gasteiger partial charge in [0.25, 0.3) is 5.91 Å². The molecule has 1 aromatic heterocycles. The molecule has 1 aromatic carbocycles. The lowest BCUT2D eigenvalue weighted by atomic mass is 10.1. The van der Waals surface area contributed by atoms with E-state index in [2.05, 4.69) is 10.4 Å². The molecule has 1 N–H and O–H groups in total. The van der Waals surface area contributed by atoms with Gasteiger partial charge in [0, 0.05) is 29.9 Å². The van der Waals surface area contributed by atoms with Crippen LogP contribution in [0.15, 0.2) is 36.5 Å². The van der Waals surface area contributed by atoms with Crippen molar-refractivity contribution in [1.82, 2.24) is 20.0 Å². The van der Waals surface area contributed by atoms with E-state index in [0.717, 1.165) is 31.5 Å². The third-order valence-electron chi connectivity index (χ3n) is 5.08. The second-order valence-corrected chi connectivity index (χ2v) is 7.22. The summed E-state index contributed by atoms with van der Waals surface area (Å²) in [4.78, 5) is 14.7. The maximum absolute atomic E-state index is 12.9. The third-order valence-corrected chi connectivity index (χ3v) is 5.42. The average Bonchev–Trinajstić information content (AvgIpc) is 3.19. The zero-order valence-corrected chi connectivity index (χ0v) is 15.4. The molecule has 2 aliphatic heterocycles. The van der Waals surface area contributed by atoms with E-state index in [9.17, 15) is 4.79 Å². The van der Waals surface area contributed by atoms with Crippen molar-refractivity contribution in [1.29, 1.82) is 0 Å². The number of aromatic nitrogens is 2. The monoisotopic (exact) mass is 374 g/mol. The molecule has 1 amide bonds. The van der Waals surface area contributed by atoms with Gasteiger partial charge in [-0.25, -0.2) is 0 Å². The van der Waals surface area contributed by atoms with Crippen LogP contribution in [0.1, 0.15) is 41.0 Å². The van der Waals surface area contributed by atoms with E-state index >= 15 is 0 Å². The van der Waals surface area contributed by atoms with Crippen LogP contribution >= 0.6 is 11.6 Å². The lowest BCUT2D eigenvalue weighted by Crippen LogP contribution is -2.42. The van der Waals surface area contributed by atoms with Crippen molar-refractivity contribution in [2.75, 3.05) is 32.8 Å². The summed E-state index contributed by atoms with van der Waals surface area (Å²) in [5.74, 6) is -0.0483. The molecule has 7 heteroatoms. The Hall–Kier alpha value is -1.89.